The van der Waals surface area contributed by atoms with E-state index < -0.39 is 0 Å². The van der Waals surface area contributed by atoms with Crippen LogP contribution in [-0.4, -0.2) is 42.1 Å². The van der Waals surface area contributed by atoms with E-state index in [1.54, 1.807) is 0 Å². The van der Waals surface area contributed by atoms with Crippen molar-refractivity contribution in [1.82, 2.24) is 15.4 Å². The Morgan fingerprint density at radius 1 is 1.17 bits per heavy atom. The van der Waals surface area contributed by atoms with Gasteiger partial charge in [0, 0.05) is 31.1 Å². The van der Waals surface area contributed by atoms with Crippen molar-refractivity contribution in [2.75, 3.05) is 26.2 Å². The minimum Gasteiger partial charge on any atom is -0.356 e. The summed E-state index contributed by atoms with van der Waals surface area (Å²) in [7, 11) is 0. The molecular weight excluding hydrogens is 374 g/mol. The number of rotatable bonds is 7. The van der Waals surface area contributed by atoms with Gasteiger partial charge in [-0.05, 0) is 62.6 Å². The standard InChI is InChI=1S/C25H37N3O2/c1-6-28(7-2)24(29)15-19-12-13-26-17-20(19)14-22-16-23(30-27-22)18-8-10-21(11-9-18)25(3,4)5/h8-11,16,19-20,26H,6-7,12-15,17H2,1-5H3/t19-,20+/m1/s1. The molecule has 1 aromatic heterocycles. The topological polar surface area (TPSA) is 58.4 Å². The Kier molecular flexibility index (Phi) is 7.35. The van der Waals surface area contributed by atoms with Crippen LogP contribution in [0.3, 0.4) is 0 Å². The number of aromatic nitrogens is 1. The summed E-state index contributed by atoms with van der Waals surface area (Å²) in [5, 5.41) is 7.83. The first kappa shape index (κ1) is 22.5. The minimum absolute atomic E-state index is 0.136. The number of hydrogen-bond acceptors (Lipinski definition) is 4. The molecule has 1 fully saturated rings. The zero-order valence-corrected chi connectivity index (χ0v) is 19.2. The van der Waals surface area contributed by atoms with Crippen LogP contribution in [-0.2, 0) is 16.6 Å². The molecule has 1 saturated heterocycles. The first-order valence-electron chi connectivity index (χ1n) is 11.4. The zero-order valence-electron chi connectivity index (χ0n) is 19.2. The molecule has 2 heterocycles. The molecule has 0 aliphatic carbocycles. The van der Waals surface area contributed by atoms with Crippen LogP contribution in [0.25, 0.3) is 11.3 Å². The van der Waals surface area contributed by atoms with Crippen molar-refractivity contribution in [3.8, 4) is 11.3 Å². The predicted octanol–water partition coefficient (Wildman–Crippen LogP) is 4.67. The van der Waals surface area contributed by atoms with Crippen LogP contribution in [0.1, 0.15) is 58.7 Å². The molecule has 1 amide bonds. The zero-order chi connectivity index (χ0) is 21.7. The summed E-state index contributed by atoms with van der Waals surface area (Å²) in [6.45, 7) is 14.2. The van der Waals surface area contributed by atoms with Gasteiger partial charge in [0.15, 0.2) is 5.76 Å². The lowest BCUT2D eigenvalue weighted by Crippen LogP contribution is -2.41. The number of piperidine rings is 1. The van der Waals surface area contributed by atoms with Crippen LogP contribution in [0.5, 0.6) is 0 Å². The normalized spacial score (nSPS) is 19.6. The van der Waals surface area contributed by atoms with E-state index in [-0.39, 0.29) is 11.3 Å². The highest BCUT2D eigenvalue weighted by atomic mass is 16.5. The van der Waals surface area contributed by atoms with Gasteiger partial charge in [-0.15, -0.1) is 0 Å². The second-order valence-electron chi connectivity index (χ2n) is 9.50. The molecule has 5 heteroatoms. The molecule has 1 aliphatic rings. The molecule has 0 spiro atoms. The van der Waals surface area contributed by atoms with Crippen molar-refractivity contribution in [3.05, 3.63) is 41.6 Å². The number of nitrogens with one attached hydrogen (secondary N) is 1. The number of carbonyl (C=O) groups is 1. The van der Waals surface area contributed by atoms with Gasteiger partial charge in [0.05, 0.1) is 5.69 Å². The molecule has 164 valence electrons. The van der Waals surface area contributed by atoms with Crippen molar-refractivity contribution < 1.29 is 9.32 Å². The van der Waals surface area contributed by atoms with Crippen LogP contribution in [0.15, 0.2) is 34.9 Å². The van der Waals surface area contributed by atoms with Crippen molar-refractivity contribution in [3.63, 3.8) is 0 Å². The predicted molar refractivity (Wildman–Crippen MR) is 121 cm³/mol. The van der Waals surface area contributed by atoms with Gasteiger partial charge in [-0.1, -0.05) is 50.2 Å². The van der Waals surface area contributed by atoms with Gasteiger partial charge in [-0.3, -0.25) is 4.79 Å². The van der Waals surface area contributed by atoms with Gasteiger partial charge in [-0.25, -0.2) is 0 Å². The molecule has 0 radical (unpaired) electrons. The maximum Gasteiger partial charge on any atom is 0.222 e. The molecule has 0 bridgehead atoms. The van der Waals surface area contributed by atoms with E-state index >= 15 is 0 Å². The molecule has 1 aliphatic heterocycles. The van der Waals surface area contributed by atoms with Gasteiger partial charge >= 0.3 is 0 Å². The summed E-state index contributed by atoms with van der Waals surface area (Å²) in [6, 6.07) is 10.6. The number of benzene rings is 1. The van der Waals surface area contributed by atoms with E-state index in [9.17, 15) is 4.79 Å². The van der Waals surface area contributed by atoms with Crippen LogP contribution in [0.4, 0.5) is 0 Å². The Hall–Kier alpha value is -2.14. The third-order valence-corrected chi connectivity index (χ3v) is 6.38. The monoisotopic (exact) mass is 411 g/mol. The highest BCUT2D eigenvalue weighted by Gasteiger charge is 2.29. The maximum absolute atomic E-state index is 12.6. The second-order valence-corrected chi connectivity index (χ2v) is 9.50. The summed E-state index contributed by atoms with van der Waals surface area (Å²) in [4.78, 5) is 14.6. The van der Waals surface area contributed by atoms with E-state index in [0.717, 1.165) is 56.0 Å². The summed E-state index contributed by atoms with van der Waals surface area (Å²) >= 11 is 0. The van der Waals surface area contributed by atoms with Gasteiger partial charge in [0.2, 0.25) is 5.91 Å². The molecule has 5 nitrogen and oxygen atoms in total. The largest absolute Gasteiger partial charge is 0.356 e. The Labute approximate surface area is 181 Å². The third kappa shape index (κ3) is 5.51. The van der Waals surface area contributed by atoms with E-state index in [2.05, 4.69) is 61.6 Å². The van der Waals surface area contributed by atoms with Crippen LogP contribution in [0, 0.1) is 11.8 Å². The van der Waals surface area contributed by atoms with Crippen molar-refractivity contribution in [2.45, 2.75) is 59.3 Å². The van der Waals surface area contributed by atoms with Crippen LogP contribution in [0.2, 0.25) is 0 Å². The second kappa shape index (κ2) is 9.78. The summed E-state index contributed by atoms with van der Waals surface area (Å²) in [6.07, 6.45) is 2.51. The Bertz CT molecular complexity index is 816. The SMILES string of the molecule is CCN(CC)C(=O)C[C@H]1CCNC[C@@H]1Cc1cc(-c2ccc(C(C)(C)C)cc2)on1. The summed E-state index contributed by atoms with van der Waals surface area (Å²) < 4.78 is 5.66. The molecule has 30 heavy (non-hydrogen) atoms. The van der Waals surface area contributed by atoms with E-state index in [1.807, 2.05) is 18.7 Å². The van der Waals surface area contributed by atoms with Crippen molar-refractivity contribution in [2.24, 2.45) is 11.8 Å². The quantitative estimate of drug-likeness (QED) is 0.719. The van der Waals surface area contributed by atoms with Crippen molar-refractivity contribution >= 4 is 5.91 Å². The maximum atomic E-state index is 12.6. The number of amides is 1. The van der Waals surface area contributed by atoms with E-state index in [0.29, 0.717) is 18.3 Å². The molecule has 3 rings (SSSR count). The third-order valence-electron chi connectivity index (χ3n) is 6.38. The van der Waals surface area contributed by atoms with Gasteiger partial charge in [0.1, 0.15) is 0 Å². The fourth-order valence-electron chi connectivity index (χ4n) is 4.36. The Morgan fingerprint density at radius 2 is 1.87 bits per heavy atom. The first-order valence-corrected chi connectivity index (χ1v) is 11.4. The van der Waals surface area contributed by atoms with E-state index in [4.69, 9.17) is 4.52 Å². The fraction of sp³-hybridized carbons (Fsp3) is 0.600. The molecule has 2 aromatic rings. The smallest absolute Gasteiger partial charge is 0.222 e. The average molecular weight is 412 g/mol. The average Bonchev–Trinajstić information content (AvgIpc) is 3.18. The molecule has 0 unspecified atom stereocenters. The minimum atomic E-state index is 0.136. The highest BCUT2D eigenvalue weighted by molar-refractivity contribution is 5.76. The van der Waals surface area contributed by atoms with Gasteiger partial charge in [0.25, 0.3) is 0 Å². The molecule has 2 atom stereocenters. The summed E-state index contributed by atoms with van der Waals surface area (Å²) in [5.41, 5.74) is 3.46. The molecular formula is C25H37N3O2. The van der Waals surface area contributed by atoms with E-state index in [1.165, 1.54) is 5.56 Å². The number of hydrogen-bond donors (Lipinski definition) is 1. The van der Waals surface area contributed by atoms with Gasteiger partial charge < -0.3 is 14.7 Å². The Balaban J connectivity index is 1.67. The number of nitrogens with zero attached hydrogens (tertiary/aromatic N) is 2. The lowest BCUT2D eigenvalue weighted by Gasteiger charge is -2.32. The van der Waals surface area contributed by atoms with Crippen LogP contribution >= 0.6 is 0 Å². The van der Waals surface area contributed by atoms with Crippen LogP contribution < -0.4 is 5.32 Å². The molecule has 1 N–H and O–H groups in total. The lowest BCUT2D eigenvalue weighted by molar-refractivity contribution is -0.132. The summed E-state index contributed by atoms with van der Waals surface area (Å²) in [5.74, 6) is 1.88. The first-order chi connectivity index (χ1) is 14.3. The highest BCUT2D eigenvalue weighted by Crippen LogP contribution is 2.30. The van der Waals surface area contributed by atoms with Crippen molar-refractivity contribution in [1.29, 1.82) is 0 Å². The Morgan fingerprint density at radius 3 is 2.50 bits per heavy atom. The fourth-order valence-corrected chi connectivity index (χ4v) is 4.36. The molecule has 1 aromatic carbocycles. The van der Waals surface area contributed by atoms with Gasteiger partial charge in [-0.2, -0.15) is 0 Å². The lowest BCUT2D eigenvalue weighted by atomic mass is 9.81. The molecule has 0 saturated carbocycles. The number of carbonyl (C=O) groups excluding carboxylic acids is 1.